The molecule has 158 valence electrons. The molecule has 0 saturated heterocycles. The molecule has 0 aromatic heterocycles. The van der Waals surface area contributed by atoms with Gasteiger partial charge in [-0.25, -0.2) is 4.79 Å². The summed E-state index contributed by atoms with van der Waals surface area (Å²) in [6.07, 6.45) is 0.646. The van der Waals surface area contributed by atoms with Crippen LogP contribution in [-0.2, 0) is 30.5 Å². The van der Waals surface area contributed by atoms with Gasteiger partial charge >= 0.3 is 12.1 Å². The van der Waals surface area contributed by atoms with E-state index in [2.05, 4.69) is 27.3 Å². The number of hydrogen-bond donors (Lipinski definition) is 3. The van der Waals surface area contributed by atoms with Crippen LogP contribution in [0.5, 0.6) is 0 Å². The van der Waals surface area contributed by atoms with Crippen molar-refractivity contribution >= 4 is 29.6 Å². The quantitative estimate of drug-likeness (QED) is 0.403. The molecule has 3 amide bonds. The fourth-order valence-electron chi connectivity index (χ4n) is 1.95. The smallest absolute Gasteiger partial charge is 0.407 e. The third kappa shape index (κ3) is 9.41. The van der Waals surface area contributed by atoms with Gasteiger partial charge in [0.1, 0.15) is 25.8 Å². The molecule has 0 aliphatic rings. The first-order valence-electron chi connectivity index (χ1n) is 9.10. The van der Waals surface area contributed by atoms with E-state index < -0.39 is 23.9 Å². The molecule has 0 saturated carbocycles. The Balaban J connectivity index is 2.42. The van der Waals surface area contributed by atoms with E-state index in [1.54, 1.807) is 38.1 Å². The van der Waals surface area contributed by atoms with Gasteiger partial charge in [0, 0.05) is 5.69 Å². The number of esters is 1. The number of anilines is 1. The first-order valence-corrected chi connectivity index (χ1v) is 9.10. The molecule has 0 unspecified atom stereocenters. The van der Waals surface area contributed by atoms with Gasteiger partial charge in [-0.1, -0.05) is 38.6 Å². The van der Waals surface area contributed by atoms with Crippen molar-refractivity contribution in [1.29, 1.82) is 0 Å². The van der Waals surface area contributed by atoms with Gasteiger partial charge < -0.3 is 25.4 Å². The van der Waals surface area contributed by atoms with Crippen molar-refractivity contribution in [2.45, 2.75) is 33.4 Å². The van der Waals surface area contributed by atoms with Crippen molar-refractivity contribution in [3.05, 3.63) is 42.5 Å². The molecular formula is C20H27N3O6. The summed E-state index contributed by atoms with van der Waals surface area (Å²) in [5, 5.41) is 7.39. The van der Waals surface area contributed by atoms with Gasteiger partial charge in [-0.3, -0.25) is 14.4 Å². The first kappa shape index (κ1) is 23.7. The minimum atomic E-state index is -0.819. The zero-order valence-corrected chi connectivity index (χ0v) is 16.8. The van der Waals surface area contributed by atoms with Gasteiger partial charge in [-0.2, -0.15) is 0 Å². The predicted octanol–water partition coefficient (Wildman–Crippen LogP) is 1.74. The molecule has 0 heterocycles. The monoisotopic (exact) mass is 405 g/mol. The highest BCUT2D eigenvalue weighted by Crippen LogP contribution is 2.11. The summed E-state index contributed by atoms with van der Waals surface area (Å²) in [5.41, 5.74) is 1.31. The third-order valence-electron chi connectivity index (χ3n) is 3.57. The summed E-state index contributed by atoms with van der Waals surface area (Å²) in [5.74, 6) is -1.44. The molecule has 1 aromatic rings. The van der Waals surface area contributed by atoms with E-state index in [-0.39, 0.29) is 31.6 Å². The summed E-state index contributed by atoms with van der Waals surface area (Å²) in [4.78, 5) is 46.7. The average Bonchev–Trinajstić information content (AvgIpc) is 2.69. The topological polar surface area (TPSA) is 123 Å². The van der Waals surface area contributed by atoms with Crippen molar-refractivity contribution < 1.29 is 28.7 Å². The Morgan fingerprint density at radius 3 is 2.31 bits per heavy atom. The van der Waals surface area contributed by atoms with Crippen LogP contribution in [0.25, 0.3) is 0 Å². The van der Waals surface area contributed by atoms with E-state index in [1.807, 2.05) is 0 Å². The molecule has 0 aliphatic heterocycles. The first-order chi connectivity index (χ1) is 13.7. The molecule has 0 spiro atoms. The summed E-state index contributed by atoms with van der Waals surface area (Å²) in [7, 11) is 0. The Kier molecular flexibility index (Phi) is 9.94. The number of benzene rings is 1. The van der Waals surface area contributed by atoms with Crippen molar-refractivity contribution in [2.75, 3.05) is 18.5 Å². The zero-order chi connectivity index (χ0) is 21.8. The Bertz CT molecular complexity index is 730. The van der Waals surface area contributed by atoms with Crippen LogP contribution in [0, 0.1) is 5.92 Å². The summed E-state index contributed by atoms with van der Waals surface area (Å²) in [6, 6.07) is 5.97. The molecule has 0 radical (unpaired) electrons. The normalized spacial score (nSPS) is 11.2. The fraction of sp³-hybridized carbons (Fsp3) is 0.400. The number of carbonyl (C=O) groups is 4. The lowest BCUT2D eigenvalue weighted by Crippen LogP contribution is -2.45. The third-order valence-corrected chi connectivity index (χ3v) is 3.57. The van der Waals surface area contributed by atoms with Gasteiger partial charge in [-0.05, 0) is 24.6 Å². The molecule has 0 aliphatic carbocycles. The summed E-state index contributed by atoms with van der Waals surface area (Å²) >= 11 is 0. The van der Waals surface area contributed by atoms with Crippen molar-refractivity contribution in [2.24, 2.45) is 5.92 Å². The van der Waals surface area contributed by atoms with E-state index in [0.717, 1.165) is 5.56 Å². The molecule has 29 heavy (non-hydrogen) atoms. The van der Waals surface area contributed by atoms with Crippen LogP contribution in [-0.4, -0.2) is 43.1 Å². The highest BCUT2D eigenvalue weighted by atomic mass is 16.5. The zero-order valence-electron chi connectivity index (χ0n) is 16.8. The maximum absolute atomic E-state index is 12.2. The van der Waals surface area contributed by atoms with Crippen LogP contribution >= 0.6 is 0 Å². The lowest BCUT2D eigenvalue weighted by Gasteiger charge is -2.15. The van der Waals surface area contributed by atoms with E-state index in [4.69, 9.17) is 4.74 Å². The van der Waals surface area contributed by atoms with E-state index in [9.17, 15) is 19.2 Å². The molecule has 1 aromatic carbocycles. The van der Waals surface area contributed by atoms with E-state index in [0.29, 0.717) is 5.69 Å². The lowest BCUT2D eigenvalue weighted by atomic mass is 10.2. The molecule has 1 rings (SSSR count). The van der Waals surface area contributed by atoms with Crippen molar-refractivity contribution in [3.8, 4) is 0 Å². The highest BCUT2D eigenvalue weighted by Gasteiger charge is 2.16. The number of carbonyl (C=O) groups excluding carboxylic acids is 4. The maximum Gasteiger partial charge on any atom is 0.407 e. The van der Waals surface area contributed by atoms with E-state index >= 15 is 0 Å². The minimum absolute atomic E-state index is 0.0329. The molecule has 9 nitrogen and oxygen atoms in total. The maximum atomic E-state index is 12.2. The second-order valence-corrected chi connectivity index (χ2v) is 6.48. The van der Waals surface area contributed by atoms with Crippen molar-refractivity contribution in [1.82, 2.24) is 10.6 Å². The molecule has 1 atom stereocenters. The van der Waals surface area contributed by atoms with Gasteiger partial charge in [0.15, 0.2) is 0 Å². The number of hydrogen-bond acceptors (Lipinski definition) is 6. The van der Waals surface area contributed by atoms with E-state index in [1.165, 1.54) is 13.0 Å². The van der Waals surface area contributed by atoms with Crippen LogP contribution < -0.4 is 16.0 Å². The van der Waals surface area contributed by atoms with Gasteiger partial charge in [-0.15, -0.1) is 0 Å². The summed E-state index contributed by atoms with van der Waals surface area (Å²) in [6.45, 7) is 8.29. The number of nitrogens with one attached hydrogen (secondary N) is 3. The Hall–Kier alpha value is -3.36. The van der Waals surface area contributed by atoms with Gasteiger partial charge in [0.2, 0.25) is 11.8 Å². The average molecular weight is 405 g/mol. The SMILES string of the molecule is C=CCOC(=O)NCC(=O)N[C@@H](C)C(=O)Nc1ccc(COC(=O)C(C)C)cc1. The van der Waals surface area contributed by atoms with Gasteiger partial charge in [0.25, 0.3) is 0 Å². The molecule has 9 heteroatoms. The standard InChI is InChI=1S/C20H27N3O6/c1-5-10-28-20(27)21-11-17(24)22-14(4)18(25)23-16-8-6-15(7-9-16)12-29-19(26)13(2)3/h5-9,13-14H,1,10-12H2,2-4H3,(H,21,27)(H,22,24)(H,23,25)/t14-/m0/s1. The second kappa shape index (κ2) is 12.2. The molecule has 0 fully saturated rings. The molecule has 3 N–H and O–H groups in total. The van der Waals surface area contributed by atoms with Crippen LogP contribution in [0.4, 0.5) is 10.5 Å². The second-order valence-electron chi connectivity index (χ2n) is 6.48. The largest absolute Gasteiger partial charge is 0.461 e. The number of alkyl carbamates (subject to hydrolysis) is 1. The summed E-state index contributed by atoms with van der Waals surface area (Å²) < 4.78 is 9.81. The van der Waals surface area contributed by atoms with Gasteiger partial charge in [0.05, 0.1) is 5.92 Å². The molecule has 0 bridgehead atoms. The minimum Gasteiger partial charge on any atom is -0.461 e. The predicted molar refractivity (Wildman–Crippen MR) is 107 cm³/mol. The van der Waals surface area contributed by atoms with Crippen LogP contribution in [0.2, 0.25) is 0 Å². The Labute approximate surface area is 169 Å². The van der Waals surface area contributed by atoms with Crippen LogP contribution in [0.3, 0.4) is 0 Å². The van der Waals surface area contributed by atoms with Crippen molar-refractivity contribution in [3.63, 3.8) is 0 Å². The lowest BCUT2D eigenvalue weighted by molar-refractivity contribution is -0.148. The molecular weight excluding hydrogens is 378 g/mol. The van der Waals surface area contributed by atoms with Crippen LogP contribution in [0.1, 0.15) is 26.3 Å². The highest BCUT2D eigenvalue weighted by molar-refractivity contribution is 5.97. The fourth-order valence-corrected chi connectivity index (χ4v) is 1.95. The Morgan fingerprint density at radius 1 is 1.07 bits per heavy atom. The Morgan fingerprint density at radius 2 is 1.72 bits per heavy atom. The number of rotatable bonds is 10. The number of ether oxygens (including phenoxy) is 2. The number of amides is 3. The van der Waals surface area contributed by atoms with Crippen LogP contribution in [0.15, 0.2) is 36.9 Å².